The number of nitrogens with one attached hydrogen (secondary N) is 1. The summed E-state index contributed by atoms with van der Waals surface area (Å²) in [5.74, 6) is 0.664. The SMILES string of the molecule is CC(=O)N1CCC2(CC1)C[C@H](C(=O)NCc1ccc(N(C)C)cc1)c1ccccc1O2. The highest BCUT2D eigenvalue weighted by Crippen LogP contribution is 2.45. The molecule has 1 fully saturated rings. The van der Waals surface area contributed by atoms with E-state index in [2.05, 4.69) is 22.3 Å². The molecule has 6 heteroatoms. The molecule has 0 saturated carbocycles. The van der Waals surface area contributed by atoms with Gasteiger partial charge in [-0.1, -0.05) is 30.3 Å². The summed E-state index contributed by atoms with van der Waals surface area (Å²) in [5, 5.41) is 3.13. The second-order valence-corrected chi connectivity index (χ2v) is 8.86. The Balaban J connectivity index is 1.48. The van der Waals surface area contributed by atoms with Crippen LogP contribution >= 0.6 is 0 Å². The van der Waals surface area contributed by atoms with Crippen molar-refractivity contribution < 1.29 is 14.3 Å². The number of para-hydroxylation sites is 1. The van der Waals surface area contributed by atoms with Crippen molar-refractivity contribution in [3.05, 3.63) is 59.7 Å². The first-order chi connectivity index (χ1) is 14.9. The third-order valence-corrected chi connectivity index (χ3v) is 6.55. The molecule has 2 aromatic carbocycles. The van der Waals surface area contributed by atoms with Crippen LogP contribution in [-0.2, 0) is 16.1 Å². The molecule has 0 aliphatic carbocycles. The number of carbonyl (C=O) groups is 2. The molecular formula is C25H31N3O3. The van der Waals surface area contributed by atoms with Crippen molar-refractivity contribution in [1.82, 2.24) is 10.2 Å². The molecule has 0 radical (unpaired) electrons. The third kappa shape index (κ3) is 4.53. The van der Waals surface area contributed by atoms with E-state index in [1.165, 1.54) is 0 Å². The van der Waals surface area contributed by atoms with Gasteiger partial charge in [-0.3, -0.25) is 9.59 Å². The van der Waals surface area contributed by atoms with E-state index in [-0.39, 0.29) is 17.7 Å². The average Bonchev–Trinajstić information content (AvgIpc) is 2.77. The number of carbonyl (C=O) groups excluding carboxylic acids is 2. The van der Waals surface area contributed by atoms with Crippen LogP contribution in [0.25, 0.3) is 0 Å². The molecule has 1 atom stereocenters. The van der Waals surface area contributed by atoms with Crippen LogP contribution in [0, 0.1) is 0 Å². The molecule has 2 heterocycles. The Bertz CT molecular complexity index is 947. The molecule has 2 aliphatic heterocycles. The van der Waals surface area contributed by atoms with Crippen molar-refractivity contribution in [2.45, 2.75) is 44.2 Å². The fraction of sp³-hybridized carbons (Fsp3) is 0.440. The minimum absolute atomic E-state index is 0.0285. The van der Waals surface area contributed by atoms with Crippen LogP contribution in [-0.4, -0.2) is 49.5 Å². The van der Waals surface area contributed by atoms with Gasteiger partial charge >= 0.3 is 0 Å². The van der Waals surface area contributed by atoms with Gasteiger partial charge in [-0.05, 0) is 23.8 Å². The second kappa shape index (κ2) is 8.61. The molecule has 2 aromatic rings. The number of benzene rings is 2. The van der Waals surface area contributed by atoms with Crippen molar-refractivity contribution >= 4 is 17.5 Å². The molecule has 0 bridgehead atoms. The number of hydrogen-bond donors (Lipinski definition) is 1. The quantitative estimate of drug-likeness (QED) is 0.823. The summed E-state index contributed by atoms with van der Waals surface area (Å²) in [5.41, 5.74) is 2.76. The first-order valence-corrected chi connectivity index (χ1v) is 10.9. The standard InChI is InChI=1S/C25H31N3O3/c1-18(29)28-14-12-25(13-15-28)16-22(21-6-4-5-7-23(21)31-25)24(30)26-17-19-8-10-20(11-9-19)27(2)3/h4-11,22H,12-17H2,1-3H3,(H,26,30)/t22-/m0/s1. The number of amides is 2. The van der Waals surface area contributed by atoms with E-state index in [0.717, 1.165) is 35.4 Å². The number of anilines is 1. The van der Waals surface area contributed by atoms with E-state index >= 15 is 0 Å². The smallest absolute Gasteiger partial charge is 0.228 e. The van der Waals surface area contributed by atoms with E-state index < -0.39 is 5.60 Å². The van der Waals surface area contributed by atoms with Crippen LogP contribution in [0.2, 0.25) is 0 Å². The van der Waals surface area contributed by atoms with Gasteiger partial charge in [0, 0.05) is 71.2 Å². The first-order valence-electron chi connectivity index (χ1n) is 10.9. The van der Waals surface area contributed by atoms with Crippen molar-refractivity contribution in [2.75, 3.05) is 32.1 Å². The monoisotopic (exact) mass is 421 g/mol. The molecule has 4 rings (SSSR count). The Morgan fingerprint density at radius 1 is 1.10 bits per heavy atom. The van der Waals surface area contributed by atoms with E-state index in [1.807, 2.05) is 55.4 Å². The summed E-state index contributed by atoms with van der Waals surface area (Å²) in [7, 11) is 4.02. The van der Waals surface area contributed by atoms with Crippen molar-refractivity contribution in [2.24, 2.45) is 0 Å². The lowest BCUT2D eigenvalue weighted by Crippen LogP contribution is -2.52. The molecule has 1 spiro atoms. The highest BCUT2D eigenvalue weighted by molar-refractivity contribution is 5.85. The van der Waals surface area contributed by atoms with Gasteiger partial charge in [0.1, 0.15) is 11.4 Å². The lowest BCUT2D eigenvalue weighted by molar-refractivity contribution is -0.134. The molecule has 31 heavy (non-hydrogen) atoms. The number of nitrogens with zero attached hydrogens (tertiary/aromatic N) is 2. The number of piperidine rings is 1. The molecule has 1 N–H and O–H groups in total. The summed E-state index contributed by atoms with van der Waals surface area (Å²) in [6.45, 7) is 3.45. The first kappa shape index (κ1) is 21.2. The maximum atomic E-state index is 13.3. The number of likely N-dealkylation sites (tertiary alicyclic amines) is 1. The molecule has 1 saturated heterocycles. The van der Waals surface area contributed by atoms with Gasteiger partial charge in [0.15, 0.2) is 0 Å². The molecule has 6 nitrogen and oxygen atoms in total. The lowest BCUT2D eigenvalue weighted by Gasteiger charge is -2.46. The summed E-state index contributed by atoms with van der Waals surface area (Å²) < 4.78 is 6.44. The lowest BCUT2D eigenvalue weighted by atomic mass is 9.77. The number of fused-ring (bicyclic) bond motifs is 1. The topological polar surface area (TPSA) is 61.9 Å². The third-order valence-electron chi connectivity index (χ3n) is 6.55. The highest BCUT2D eigenvalue weighted by atomic mass is 16.5. The Morgan fingerprint density at radius 2 is 1.77 bits per heavy atom. The zero-order valence-electron chi connectivity index (χ0n) is 18.6. The predicted molar refractivity (Wildman–Crippen MR) is 121 cm³/mol. The fourth-order valence-corrected chi connectivity index (χ4v) is 4.61. The Hall–Kier alpha value is -3.02. The van der Waals surface area contributed by atoms with Crippen LogP contribution in [0.15, 0.2) is 48.5 Å². The minimum atomic E-state index is -0.393. The van der Waals surface area contributed by atoms with Gasteiger partial charge in [0.2, 0.25) is 11.8 Å². The number of hydrogen-bond acceptors (Lipinski definition) is 4. The molecule has 0 aromatic heterocycles. The number of rotatable bonds is 4. The van der Waals surface area contributed by atoms with Gasteiger partial charge in [0.05, 0.1) is 5.92 Å². The maximum absolute atomic E-state index is 13.3. The maximum Gasteiger partial charge on any atom is 0.228 e. The summed E-state index contributed by atoms with van der Waals surface area (Å²) >= 11 is 0. The van der Waals surface area contributed by atoms with Gasteiger partial charge < -0.3 is 19.9 Å². The van der Waals surface area contributed by atoms with Gasteiger partial charge in [0.25, 0.3) is 0 Å². The molecule has 2 amide bonds. The van der Waals surface area contributed by atoms with Crippen LogP contribution < -0.4 is 15.0 Å². The van der Waals surface area contributed by atoms with Crippen LogP contribution in [0.3, 0.4) is 0 Å². The van der Waals surface area contributed by atoms with Crippen LogP contribution in [0.1, 0.15) is 43.2 Å². The minimum Gasteiger partial charge on any atom is -0.487 e. The summed E-state index contributed by atoms with van der Waals surface area (Å²) in [6.07, 6.45) is 2.13. The van der Waals surface area contributed by atoms with E-state index in [1.54, 1.807) is 6.92 Å². The zero-order chi connectivity index (χ0) is 22.0. The van der Waals surface area contributed by atoms with Crippen molar-refractivity contribution in [1.29, 1.82) is 0 Å². The predicted octanol–water partition coefficient (Wildman–Crippen LogP) is 3.32. The summed E-state index contributed by atoms with van der Waals surface area (Å²) in [4.78, 5) is 28.9. The molecule has 0 unspecified atom stereocenters. The van der Waals surface area contributed by atoms with Crippen LogP contribution in [0.4, 0.5) is 5.69 Å². The zero-order valence-corrected chi connectivity index (χ0v) is 18.6. The summed E-state index contributed by atoms with van der Waals surface area (Å²) in [6, 6.07) is 16.1. The second-order valence-electron chi connectivity index (χ2n) is 8.86. The number of ether oxygens (including phenoxy) is 1. The van der Waals surface area contributed by atoms with E-state index in [9.17, 15) is 9.59 Å². The molecular weight excluding hydrogens is 390 g/mol. The average molecular weight is 422 g/mol. The van der Waals surface area contributed by atoms with Crippen LogP contribution in [0.5, 0.6) is 5.75 Å². The highest BCUT2D eigenvalue weighted by Gasteiger charge is 2.45. The van der Waals surface area contributed by atoms with E-state index in [4.69, 9.17) is 4.74 Å². The van der Waals surface area contributed by atoms with E-state index in [0.29, 0.717) is 26.1 Å². The van der Waals surface area contributed by atoms with Crippen molar-refractivity contribution in [3.63, 3.8) is 0 Å². The Labute approximate surface area is 184 Å². The normalized spacial score (nSPS) is 19.3. The van der Waals surface area contributed by atoms with Crippen molar-refractivity contribution in [3.8, 4) is 5.75 Å². The van der Waals surface area contributed by atoms with Gasteiger partial charge in [-0.2, -0.15) is 0 Å². The fourth-order valence-electron chi connectivity index (χ4n) is 4.61. The molecule has 2 aliphatic rings. The Morgan fingerprint density at radius 3 is 2.42 bits per heavy atom. The van der Waals surface area contributed by atoms with Gasteiger partial charge in [-0.25, -0.2) is 0 Å². The molecule has 164 valence electrons. The largest absolute Gasteiger partial charge is 0.487 e. The Kier molecular flexibility index (Phi) is 5.90. The van der Waals surface area contributed by atoms with Gasteiger partial charge in [-0.15, -0.1) is 0 Å².